The molecule has 0 unspecified atom stereocenters. The highest BCUT2D eigenvalue weighted by atomic mass is 32.1. The summed E-state index contributed by atoms with van der Waals surface area (Å²) < 4.78 is 24.5. The Balaban J connectivity index is 2.93. The van der Waals surface area contributed by atoms with E-state index in [9.17, 15) is 14.8 Å². The van der Waals surface area contributed by atoms with Crippen LogP contribution in [0.15, 0.2) is 0 Å². The minimum absolute atomic E-state index is 0.0217. The van der Waals surface area contributed by atoms with Gasteiger partial charge in [0.1, 0.15) is 12.2 Å². The third-order valence-electron chi connectivity index (χ3n) is 2.09. The van der Waals surface area contributed by atoms with Crippen molar-refractivity contribution in [2.45, 2.75) is 24.3 Å². The van der Waals surface area contributed by atoms with Gasteiger partial charge in [-0.15, -0.1) is 0 Å². The molecule has 4 N–H and O–H groups in total. The van der Waals surface area contributed by atoms with Gasteiger partial charge in [0, 0.05) is 12.9 Å². The van der Waals surface area contributed by atoms with Crippen LogP contribution in [0.5, 0.6) is 0 Å². The summed E-state index contributed by atoms with van der Waals surface area (Å²) >= 11 is 3.84. The van der Waals surface area contributed by atoms with Gasteiger partial charge < -0.3 is 29.5 Å². The fourth-order valence-electron chi connectivity index (χ4n) is 1.36. The maximum absolute atomic E-state index is 10.7. The van der Waals surface area contributed by atoms with Crippen molar-refractivity contribution >= 4 is 20.5 Å². The van der Waals surface area contributed by atoms with Crippen molar-refractivity contribution in [3.63, 3.8) is 0 Å². The number of thiol groups is 1. The number of methoxy groups -OCH3 is 1. The monoisotopic (exact) mass is 276 g/mol. The summed E-state index contributed by atoms with van der Waals surface area (Å²) in [5.41, 5.74) is 0. The Morgan fingerprint density at radius 1 is 1.50 bits per heavy atom. The molecule has 10 heteroatoms. The van der Waals surface area contributed by atoms with E-state index in [-0.39, 0.29) is 5.75 Å². The second-order valence-corrected chi connectivity index (χ2v) is 4.69. The lowest BCUT2D eigenvalue weighted by Crippen LogP contribution is -2.46. The van der Waals surface area contributed by atoms with Gasteiger partial charge in [-0.1, -0.05) is 0 Å². The first-order valence-electron chi connectivity index (χ1n) is 4.22. The molecule has 96 valence electrons. The molecule has 16 heavy (non-hydrogen) atoms. The highest BCUT2D eigenvalue weighted by Gasteiger charge is 2.58. The van der Waals surface area contributed by atoms with E-state index in [1.54, 1.807) is 0 Å². The van der Waals surface area contributed by atoms with Gasteiger partial charge in [-0.2, -0.15) is 12.6 Å². The topological polar surface area (TPSA) is 126 Å². The lowest BCUT2D eigenvalue weighted by molar-refractivity contribution is -0.353. The molecule has 0 radical (unpaired) electrons. The number of ether oxygens (including phenoxy) is 2. The van der Waals surface area contributed by atoms with Crippen LogP contribution in [-0.4, -0.2) is 57.1 Å². The quantitative estimate of drug-likeness (QED) is 0.237. The van der Waals surface area contributed by atoms with E-state index in [2.05, 4.69) is 21.9 Å². The third kappa shape index (κ3) is 2.76. The molecule has 1 aliphatic heterocycles. The van der Waals surface area contributed by atoms with Gasteiger partial charge in [-0.05, 0) is 0 Å². The highest BCUT2D eigenvalue weighted by Crippen LogP contribution is 2.47. The largest absolute Gasteiger partial charge is 0.474 e. The second kappa shape index (κ2) is 4.89. The first-order valence-corrected chi connectivity index (χ1v) is 6.38. The Hall–Kier alpha value is 0.300. The van der Waals surface area contributed by atoms with Crippen LogP contribution in [0, 0.1) is 0 Å². The maximum atomic E-state index is 10.7. The standard InChI is InChI=1S/C6H13O8PS/c1-12-6(14-15(9,10)11)5(8)4(7)3(2-16)13-6/h3-5,7-8,16H,2H2,1H3,(H2,9,10,11)/t3-,4-,5-,6-/m1/s1. The summed E-state index contributed by atoms with van der Waals surface area (Å²) in [6.07, 6.45) is -4.11. The van der Waals surface area contributed by atoms with Gasteiger partial charge in [0.05, 0.1) is 0 Å². The van der Waals surface area contributed by atoms with E-state index < -0.39 is 32.1 Å². The van der Waals surface area contributed by atoms with Crippen LogP contribution in [0.2, 0.25) is 0 Å². The Bertz CT molecular complexity index is 294. The molecule has 0 bridgehead atoms. The van der Waals surface area contributed by atoms with Gasteiger partial charge in [0.15, 0.2) is 6.10 Å². The summed E-state index contributed by atoms with van der Waals surface area (Å²) in [7, 11) is -3.92. The van der Waals surface area contributed by atoms with Crippen molar-refractivity contribution in [2.24, 2.45) is 0 Å². The van der Waals surface area contributed by atoms with Gasteiger partial charge in [0.25, 0.3) is 0 Å². The number of rotatable bonds is 4. The molecule has 1 heterocycles. The van der Waals surface area contributed by atoms with Crippen LogP contribution in [0.4, 0.5) is 0 Å². The van der Waals surface area contributed by atoms with Crippen molar-refractivity contribution in [3.05, 3.63) is 0 Å². The molecule has 0 aromatic carbocycles. The first kappa shape index (κ1) is 14.4. The lowest BCUT2D eigenvalue weighted by Gasteiger charge is -2.29. The van der Waals surface area contributed by atoms with Gasteiger partial charge in [0.2, 0.25) is 0 Å². The summed E-state index contributed by atoms with van der Waals surface area (Å²) in [4.78, 5) is 17.3. The molecular formula is C6H13O8PS. The molecule has 0 amide bonds. The highest BCUT2D eigenvalue weighted by molar-refractivity contribution is 7.80. The fourth-order valence-corrected chi connectivity index (χ4v) is 2.20. The summed E-state index contributed by atoms with van der Waals surface area (Å²) in [6.45, 7) is 0. The fraction of sp³-hybridized carbons (Fsp3) is 1.00. The van der Waals surface area contributed by atoms with Crippen molar-refractivity contribution in [1.82, 2.24) is 0 Å². The third-order valence-corrected chi connectivity index (χ3v) is 2.95. The minimum atomic E-state index is -4.94. The number of hydrogen-bond donors (Lipinski definition) is 5. The minimum Gasteiger partial charge on any atom is -0.387 e. The van der Waals surface area contributed by atoms with Gasteiger partial charge in [-0.3, -0.25) is 0 Å². The van der Waals surface area contributed by atoms with E-state index in [1.165, 1.54) is 0 Å². The molecule has 4 atom stereocenters. The van der Waals surface area contributed by atoms with Crippen LogP contribution >= 0.6 is 20.5 Å². The summed E-state index contributed by atoms with van der Waals surface area (Å²) in [6, 6.07) is 0. The van der Waals surface area contributed by atoms with Gasteiger partial charge in [-0.25, -0.2) is 9.09 Å². The smallest absolute Gasteiger partial charge is 0.387 e. The van der Waals surface area contributed by atoms with Crippen LogP contribution in [-0.2, 0) is 18.6 Å². The second-order valence-electron chi connectivity index (χ2n) is 3.16. The normalized spacial score (nSPS) is 40.2. The summed E-state index contributed by atoms with van der Waals surface area (Å²) in [5.74, 6) is -2.36. The number of aliphatic hydroxyl groups excluding tert-OH is 2. The van der Waals surface area contributed by atoms with Crippen LogP contribution in [0.25, 0.3) is 0 Å². The maximum Gasteiger partial charge on any atom is 0.474 e. The Morgan fingerprint density at radius 2 is 2.06 bits per heavy atom. The van der Waals surface area contributed by atoms with Crippen molar-refractivity contribution in [2.75, 3.05) is 12.9 Å². The van der Waals surface area contributed by atoms with E-state index in [4.69, 9.17) is 14.5 Å². The Morgan fingerprint density at radius 3 is 2.38 bits per heavy atom. The van der Waals surface area contributed by atoms with Crippen LogP contribution in [0.3, 0.4) is 0 Å². The van der Waals surface area contributed by atoms with E-state index in [1.807, 2.05) is 0 Å². The number of hydrogen-bond acceptors (Lipinski definition) is 7. The summed E-state index contributed by atoms with van der Waals surface area (Å²) in [5, 5.41) is 19.1. The van der Waals surface area contributed by atoms with Crippen molar-refractivity contribution in [1.29, 1.82) is 0 Å². The van der Waals surface area contributed by atoms with E-state index in [0.29, 0.717) is 0 Å². The molecule has 0 spiro atoms. The molecule has 1 aliphatic rings. The molecule has 1 fully saturated rings. The Labute approximate surface area is 96.8 Å². The number of phosphoric acid groups is 1. The molecule has 0 aliphatic carbocycles. The number of phosphoric ester groups is 1. The van der Waals surface area contributed by atoms with Gasteiger partial charge >= 0.3 is 13.8 Å². The molecule has 0 saturated carbocycles. The predicted octanol–water partition coefficient (Wildman–Crippen LogP) is -1.55. The lowest BCUT2D eigenvalue weighted by atomic mass is 10.1. The van der Waals surface area contributed by atoms with Crippen molar-refractivity contribution < 1.29 is 38.6 Å². The first-order chi connectivity index (χ1) is 7.25. The van der Waals surface area contributed by atoms with Crippen molar-refractivity contribution in [3.8, 4) is 0 Å². The predicted molar refractivity (Wildman–Crippen MR) is 53.6 cm³/mol. The molecule has 0 aromatic rings. The zero-order valence-electron chi connectivity index (χ0n) is 8.26. The average molecular weight is 276 g/mol. The molecule has 0 aromatic heterocycles. The zero-order chi connectivity index (χ0) is 12.6. The van der Waals surface area contributed by atoms with Crippen LogP contribution < -0.4 is 0 Å². The van der Waals surface area contributed by atoms with Crippen LogP contribution in [0.1, 0.15) is 0 Å². The Kier molecular flexibility index (Phi) is 4.39. The molecular weight excluding hydrogens is 263 g/mol. The SMILES string of the molecule is CO[C@@]1(OP(=O)(O)O)O[C@H](CS)[C@@H](O)[C@H]1O. The van der Waals surface area contributed by atoms with E-state index >= 15 is 0 Å². The molecule has 1 rings (SSSR count). The molecule has 8 nitrogen and oxygen atoms in total. The molecule has 1 saturated heterocycles. The van der Waals surface area contributed by atoms with E-state index in [0.717, 1.165) is 7.11 Å². The average Bonchev–Trinajstić information content (AvgIpc) is 2.41. The zero-order valence-corrected chi connectivity index (χ0v) is 10.0. The number of aliphatic hydroxyl groups is 2.